The number of carbonyl (C=O) groups is 2. The molecular formula is C15H15ClN4O3. The van der Waals surface area contributed by atoms with Crippen molar-refractivity contribution in [1.29, 1.82) is 0 Å². The van der Waals surface area contributed by atoms with Crippen LogP contribution in [0.3, 0.4) is 0 Å². The first kappa shape index (κ1) is 15.5. The van der Waals surface area contributed by atoms with Crippen molar-refractivity contribution >= 4 is 29.1 Å². The average Bonchev–Trinajstić information content (AvgIpc) is 3.31. The van der Waals surface area contributed by atoms with E-state index in [1.165, 1.54) is 12.3 Å². The van der Waals surface area contributed by atoms with E-state index in [0.29, 0.717) is 28.1 Å². The number of nitrogens with zero attached hydrogens (tertiary/aromatic N) is 2. The number of halogens is 1. The molecule has 0 radical (unpaired) electrons. The monoisotopic (exact) mass is 334 g/mol. The largest absolute Gasteiger partial charge is 0.359 e. The summed E-state index contributed by atoms with van der Waals surface area (Å²) in [5, 5.41) is 9.53. The van der Waals surface area contributed by atoms with Crippen LogP contribution in [0, 0.1) is 6.92 Å². The Balaban J connectivity index is 1.58. The van der Waals surface area contributed by atoms with Crippen LogP contribution in [0.25, 0.3) is 0 Å². The van der Waals surface area contributed by atoms with Crippen molar-refractivity contribution in [2.24, 2.45) is 0 Å². The van der Waals surface area contributed by atoms with Gasteiger partial charge in [-0.25, -0.2) is 0 Å². The minimum absolute atomic E-state index is 0.158. The van der Waals surface area contributed by atoms with E-state index in [4.69, 9.17) is 16.1 Å². The van der Waals surface area contributed by atoms with Crippen LogP contribution in [0.1, 0.15) is 40.7 Å². The SMILES string of the molecule is Cc1noc(C2CC2)c1NC(=O)CNC(=O)c1cc(Cl)ccn1. The first-order chi connectivity index (χ1) is 11.0. The van der Waals surface area contributed by atoms with Crippen LogP contribution in [0.5, 0.6) is 0 Å². The maximum atomic E-state index is 12.0. The molecule has 3 rings (SSSR count). The lowest BCUT2D eigenvalue weighted by Gasteiger charge is -2.07. The van der Waals surface area contributed by atoms with Crippen LogP contribution in [0.4, 0.5) is 5.69 Å². The van der Waals surface area contributed by atoms with Crippen LogP contribution in [0.15, 0.2) is 22.9 Å². The summed E-state index contributed by atoms with van der Waals surface area (Å²) in [5.41, 5.74) is 1.39. The number of carbonyl (C=O) groups excluding carboxylic acids is 2. The summed E-state index contributed by atoms with van der Waals surface area (Å²) in [4.78, 5) is 27.8. The number of rotatable bonds is 5. The van der Waals surface area contributed by atoms with Crippen molar-refractivity contribution in [1.82, 2.24) is 15.5 Å². The van der Waals surface area contributed by atoms with E-state index >= 15 is 0 Å². The van der Waals surface area contributed by atoms with E-state index in [2.05, 4.69) is 20.8 Å². The molecule has 0 atom stereocenters. The predicted octanol–water partition coefficient (Wildman–Crippen LogP) is 2.28. The van der Waals surface area contributed by atoms with Crippen molar-refractivity contribution in [3.8, 4) is 0 Å². The number of anilines is 1. The molecule has 0 spiro atoms. The molecule has 0 saturated heterocycles. The number of hydrogen-bond acceptors (Lipinski definition) is 5. The first-order valence-corrected chi connectivity index (χ1v) is 7.58. The molecule has 8 heteroatoms. The molecule has 0 bridgehead atoms. The molecule has 2 amide bonds. The summed E-state index contributed by atoms with van der Waals surface area (Å²) < 4.78 is 5.25. The maximum Gasteiger partial charge on any atom is 0.270 e. The second kappa shape index (κ2) is 6.37. The van der Waals surface area contributed by atoms with Gasteiger partial charge >= 0.3 is 0 Å². The van der Waals surface area contributed by atoms with Crippen molar-refractivity contribution in [2.45, 2.75) is 25.7 Å². The minimum atomic E-state index is -0.466. The summed E-state index contributed by atoms with van der Waals surface area (Å²) in [6.07, 6.45) is 3.50. The van der Waals surface area contributed by atoms with Gasteiger partial charge in [0.25, 0.3) is 5.91 Å². The number of pyridine rings is 1. The first-order valence-electron chi connectivity index (χ1n) is 7.20. The van der Waals surface area contributed by atoms with Gasteiger partial charge in [0, 0.05) is 17.1 Å². The zero-order chi connectivity index (χ0) is 16.4. The molecule has 1 fully saturated rings. The second-order valence-corrected chi connectivity index (χ2v) is 5.81. The highest BCUT2D eigenvalue weighted by molar-refractivity contribution is 6.30. The van der Waals surface area contributed by atoms with E-state index in [-0.39, 0.29) is 18.1 Å². The molecule has 2 aromatic heterocycles. The van der Waals surface area contributed by atoms with E-state index in [1.807, 2.05) is 0 Å². The number of hydrogen-bond donors (Lipinski definition) is 2. The van der Waals surface area contributed by atoms with E-state index < -0.39 is 5.91 Å². The molecule has 1 aliphatic rings. The van der Waals surface area contributed by atoms with Crippen LogP contribution < -0.4 is 10.6 Å². The van der Waals surface area contributed by atoms with Gasteiger partial charge in [-0.05, 0) is 31.9 Å². The van der Waals surface area contributed by atoms with Gasteiger partial charge in [-0.15, -0.1) is 0 Å². The van der Waals surface area contributed by atoms with E-state index in [1.54, 1.807) is 13.0 Å². The maximum absolute atomic E-state index is 12.0. The Kier molecular flexibility index (Phi) is 4.29. The minimum Gasteiger partial charge on any atom is -0.359 e. The molecule has 2 aromatic rings. The lowest BCUT2D eigenvalue weighted by atomic mass is 10.2. The molecule has 23 heavy (non-hydrogen) atoms. The predicted molar refractivity (Wildman–Crippen MR) is 83.4 cm³/mol. The molecule has 0 aromatic carbocycles. The third kappa shape index (κ3) is 3.68. The lowest BCUT2D eigenvalue weighted by molar-refractivity contribution is -0.115. The Bertz CT molecular complexity index is 755. The van der Waals surface area contributed by atoms with Gasteiger partial charge in [0.15, 0.2) is 5.76 Å². The van der Waals surface area contributed by atoms with Crippen LogP contribution >= 0.6 is 11.6 Å². The van der Waals surface area contributed by atoms with Gasteiger partial charge < -0.3 is 15.2 Å². The molecular weight excluding hydrogens is 320 g/mol. The number of aryl methyl sites for hydroxylation is 1. The fourth-order valence-electron chi connectivity index (χ4n) is 2.13. The standard InChI is InChI=1S/C15H15ClN4O3/c1-8-13(14(23-20-8)9-2-3-9)19-12(21)7-18-15(22)11-6-10(16)4-5-17-11/h4-6,9H,2-3,7H2,1H3,(H,18,22)(H,19,21). The van der Waals surface area contributed by atoms with Gasteiger partial charge in [0.2, 0.25) is 5.91 Å². The second-order valence-electron chi connectivity index (χ2n) is 5.37. The Hall–Kier alpha value is -2.41. The van der Waals surface area contributed by atoms with Crippen molar-refractivity contribution in [2.75, 3.05) is 11.9 Å². The average molecular weight is 335 g/mol. The molecule has 0 aliphatic heterocycles. The number of amides is 2. The third-order valence-corrected chi connectivity index (χ3v) is 3.70. The van der Waals surface area contributed by atoms with E-state index in [0.717, 1.165) is 12.8 Å². The van der Waals surface area contributed by atoms with Gasteiger partial charge in [0.05, 0.1) is 6.54 Å². The summed E-state index contributed by atoms with van der Waals surface area (Å²) in [5.74, 6) is 0.219. The van der Waals surface area contributed by atoms with Crippen molar-refractivity contribution in [3.05, 3.63) is 40.5 Å². The van der Waals surface area contributed by atoms with Gasteiger partial charge in [-0.3, -0.25) is 14.6 Å². The normalized spacial score (nSPS) is 13.7. The molecule has 1 saturated carbocycles. The van der Waals surface area contributed by atoms with Gasteiger partial charge in [0.1, 0.15) is 17.1 Å². The zero-order valence-electron chi connectivity index (χ0n) is 12.4. The fraction of sp³-hybridized carbons (Fsp3) is 0.333. The zero-order valence-corrected chi connectivity index (χ0v) is 13.2. The number of aromatic nitrogens is 2. The van der Waals surface area contributed by atoms with Crippen molar-refractivity contribution < 1.29 is 14.1 Å². The lowest BCUT2D eigenvalue weighted by Crippen LogP contribution is -2.33. The van der Waals surface area contributed by atoms with Crippen LogP contribution in [-0.4, -0.2) is 28.5 Å². The quantitative estimate of drug-likeness (QED) is 0.874. The highest BCUT2D eigenvalue weighted by atomic mass is 35.5. The summed E-state index contributed by atoms with van der Waals surface area (Å²) in [6, 6.07) is 3.00. The molecule has 0 unspecified atom stereocenters. The Labute approximate surface area is 137 Å². The Morgan fingerprint density at radius 1 is 1.43 bits per heavy atom. The fourth-order valence-corrected chi connectivity index (χ4v) is 2.29. The van der Waals surface area contributed by atoms with E-state index in [9.17, 15) is 9.59 Å². The van der Waals surface area contributed by atoms with Crippen molar-refractivity contribution in [3.63, 3.8) is 0 Å². The van der Waals surface area contributed by atoms with Gasteiger partial charge in [-0.1, -0.05) is 16.8 Å². The Morgan fingerprint density at radius 2 is 2.22 bits per heavy atom. The molecule has 1 aliphatic carbocycles. The summed E-state index contributed by atoms with van der Waals surface area (Å²) >= 11 is 5.80. The summed E-state index contributed by atoms with van der Waals surface area (Å²) in [7, 11) is 0. The van der Waals surface area contributed by atoms with Crippen LogP contribution in [-0.2, 0) is 4.79 Å². The Morgan fingerprint density at radius 3 is 2.91 bits per heavy atom. The molecule has 2 N–H and O–H groups in total. The van der Waals surface area contributed by atoms with Crippen LogP contribution in [0.2, 0.25) is 5.02 Å². The topological polar surface area (TPSA) is 97.1 Å². The molecule has 2 heterocycles. The molecule has 120 valence electrons. The number of nitrogens with one attached hydrogen (secondary N) is 2. The highest BCUT2D eigenvalue weighted by Gasteiger charge is 2.32. The summed E-state index contributed by atoms with van der Waals surface area (Å²) in [6.45, 7) is 1.58. The smallest absolute Gasteiger partial charge is 0.270 e. The molecule has 7 nitrogen and oxygen atoms in total. The van der Waals surface area contributed by atoms with Gasteiger partial charge in [-0.2, -0.15) is 0 Å². The third-order valence-electron chi connectivity index (χ3n) is 3.47. The highest BCUT2D eigenvalue weighted by Crippen LogP contribution is 2.44.